The SMILES string of the molecule is COc1cnn(C(C)C)c1C1(O)CC(C)N(C2CC2)C1. The molecule has 1 aliphatic heterocycles. The number of rotatable bonds is 4. The van der Waals surface area contributed by atoms with Gasteiger partial charge in [-0.1, -0.05) is 0 Å². The third-order valence-corrected chi connectivity index (χ3v) is 4.57. The summed E-state index contributed by atoms with van der Waals surface area (Å²) in [6, 6.07) is 1.29. The quantitative estimate of drug-likeness (QED) is 0.915. The van der Waals surface area contributed by atoms with Crippen LogP contribution in [0.2, 0.25) is 0 Å². The molecule has 2 fully saturated rings. The Morgan fingerprint density at radius 1 is 1.45 bits per heavy atom. The number of β-amino-alcohol motifs (C(OH)–C–C–N with tert-alkyl or cyclic N) is 1. The van der Waals surface area contributed by atoms with Crippen molar-refractivity contribution in [2.45, 2.75) is 63.8 Å². The van der Waals surface area contributed by atoms with Crippen molar-refractivity contribution in [2.75, 3.05) is 13.7 Å². The lowest BCUT2D eigenvalue weighted by Gasteiger charge is -2.26. The van der Waals surface area contributed by atoms with Crippen molar-refractivity contribution in [3.8, 4) is 5.75 Å². The summed E-state index contributed by atoms with van der Waals surface area (Å²) in [7, 11) is 1.64. The van der Waals surface area contributed by atoms with E-state index >= 15 is 0 Å². The molecule has 3 rings (SSSR count). The Morgan fingerprint density at radius 2 is 2.15 bits per heavy atom. The number of hydrogen-bond donors (Lipinski definition) is 1. The number of nitrogens with zero attached hydrogens (tertiary/aromatic N) is 3. The summed E-state index contributed by atoms with van der Waals surface area (Å²) >= 11 is 0. The third-order valence-electron chi connectivity index (χ3n) is 4.57. The molecule has 0 aromatic carbocycles. The maximum Gasteiger partial charge on any atom is 0.163 e. The van der Waals surface area contributed by atoms with E-state index in [9.17, 15) is 5.11 Å². The van der Waals surface area contributed by atoms with Gasteiger partial charge in [0.25, 0.3) is 0 Å². The average molecular weight is 279 g/mol. The van der Waals surface area contributed by atoms with Gasteiger partial charge in [0.15, 0.2) is 5.75 Å². The van der Waals surface area contributed by atoms with Crippen LogP contribution in [0.4, 0.5) is 0 Å². The van der Waals surface area contributed by atoms with Gasteiger partial charge < -0.3 is 9.84 Å². The zero-order valence-corrected chi connectivity index (χ0v) is 12.8. The minimum absolute atomic E-state index is 0.211. The fourth-order valence-electron chi connectivity index (χ4n) is 3.52. The normalized spacial score (nSPS) is 31.2. The molecule has 1 N–H and O–H groups in total. The van der Waals surface area contributed by atoms with Crippen molar-refractivity contribution in [3.05, 3.63) is 11.9 Å². The molecule has 1 saturated heterocycles. The van der Waals surface area contributed by atoms with Gasteiger partial charge in [0.05, 0.1) is 13.3 Å². The van der Waals surface area contributed by atoms with Gasteiger partial charge in [-0.15, -0.1) is 0 Å². The van der Waals surface area contributed by atoms with Crippen LogP contribution in [-0.4, -0.2) is 45.5 Å². The summed E-state index contributed by atoms with van der Waals surface area (Å²) in [6.07, 6.45) is 5.00. The Labute approximate surface area is 120 Å². The van der Waals surface area contributed by atoms with E-state index in [2.05, 4.69) is 30.8 Å². The van der Waals surface area contributed by atoms with E-state index in [1.807, 2.05) is 4.68 Å². The molecule has 20 heavy (non-hydrogen) atoms. The second-order valence-electron chi connectivity index (χ2n) is 6.59. The molecule has 0 spiro atoms. The van der Waals surface area contributed by atoms with Crippen molar-refractivity contribution in [1.29, 1.82) is 0 Å². The predicted molar refractivity (Wildman–Crippen MR) is 76.9 cm³/mol. The summed E-state index contributed by atoms with van der Waals surface area (Å²) in [5.41, 5.74) is -0.0151. The van der Waals surface area contributed by atoms with E-state index in [0.29, 0.717) is 24.4 Å². The fourth-order valence-corrected chi connectivity index (χ4v) is 3.52. The number of ether oxygens (including phenoxy) is 1. The maximum atomic E-state index is 11.2. The number of likely N-dealkylation sites (tertiary alicyclic amines) is 1. The van der Waals surface area contributed by atoms with E-state index in [1.165, 1.54) is 12.8 Å². The van der Waals surface area contributed by atoms with E-state index in [1.54, 1.807) is 13.3 Å². The summed E-state index contributed by atoms with van der Waals surface area (Å²) < 4.78 is 7.34. The molecule has 1 aliphatic carbocycles. The standard InChI is InChI=1S/C15H25N3O2/c1-10(2)18-14(13(20-4)8-16-18)15(19)7-11(3)17(9-15)12-5-6-12/h8,10-12,19H,5-7,9H2,1-4H3. The molecule has 2 aliphatic rings. The maximum absolute atomic E-state index is 11.2. The van der Waals surface area contributed by atoms with Crippen LogP contribution in [0.25, 0.3) is 0 Å². The summed E-state index contributed by atoms with van der Waals surface area (Å²) in [6.45, 7) is 7.05. The highest BCUT2D eigenvalue weighted by molar-refractivity contribution is 5.33. The molecule has 1 saturated carbocycles. The Morgan fingerprint density at radius 3 is 2.70 bits per heavy atom. The molecule has 0 amide bonds. The number of aliphatic hydroxyl groups is 1. The highest BCUT2D eigenvalue weighted by Gasteiger charge is 2.49. The van der Waals surface area contributed by atoms with Gasteiger partial charge in [-0.2, -0.15) is 5.10 Å². The van der Waals surface area contributed by atoms with Gasteiger partial charge in [-0.25, -0.2) is 0 Å². The van der Waals surface area contributed by atoms with Crippen LogP contribution >= 0.6 is 0 Å². The van der Waals surface area contributed by atoms with Crippen molar-refractivity contribution in [2.24, 2.45) is 0 Å². The molecule has 5 heteroatoms. The fraction of sp³-hybridized carbons (Fsp3) is 0.800. The van der Waals surface area contributed by atoms with Crippen LogP contribution in [0.5, 0.6) is 5.75 Å². The number of methoxy groups -OCH3 is 1. The first kappa shape index (κ1) is 13.9. The van der Waals surface area contributed by atoms with E-state index in [-0.39, 0.29) is 6.04 Å². The predicted octanol–water partition coefficient (Wildman–Crippen LogP) is 1.92. The van der Waals surface area contributed by atoms with Gasteiger partial charge in [0.1, 0.15) is 11.3 Å². The van der Waals surface area contributed by atoms with Gasteiger partial charge in [0.2, 0.25) is 0 Å². The lowest BCUT2D eigenvalue weighted by atomic mass is 9.95. The highest BCUT2D eigenvalue weighted by atomic mass is 16.5. The second-order valence-corrected chi connectivity index (χ2v) is 6.59. The summed E-state index contributed by atoms with van der Waals surface area (Å²) in [4.78, 5) is 2.44. The van der Waals surface area contributed by atoms with E-state index in [4.69, 9.17) is 4.74 Å². The van der Waals surface area contributed by atoms with Crippen LogP contribution in [0.3, 0.4) is 0 Å². The largest absolute Gasteiger partial charge is 0.493 e. The van der Waals surface area contributed by atoms with E-state index < -0.39 is 5.60 Å². The number of hydrogen-bond acceptors (Lipinski definition) is 4. The molecular formula is C15H25N3O2. The molecule has 2 heterocycles. The first-order chi connectivity index (χ1) is 9.46. The van der Waals surface area contributed by atoms with Gasteiger partial charge in [-0.3, -0.25) is 9.58 Å². The highest BCUT2D eigenvalue weighted by Crippen LogP contribution is 2.44. The lowest BCUT2D eigenvalue weighted by molar-refractivity contribution is 0.0324. The minimum atomic E-state index is -0.853. The van der Waals surface area contributed by atoms with Crippen LogP contribution in [0, 0.1) is 0 Å². The van der Waals surface area contributed by atoms with Crippen molar-refractivity contribution < 1.29 is 9.84 Å². The Hall–Kier alpha value is -1.07. The smallest absolute Gasteiger partial charge is 0.163 e. The molecule has 2 unspecified atom stereocenters. The second kappa shape index (κ2) is 4.74. The van der Waals surface area contributed by atoms with Gasteiger partial charge in [0, 0.05) is 24.7 Å². The van der Waals surface area contributed by atoms with Crippen LogP contribution in [-0.2, 0) is 5.60 Å². The molecule has 112 valence electrons. The molecule has 0 radical (unpaired) electrons. The molecular weight excluding hydrogens is 254 g/mol. The van der Waals surface area contributed by atoms with Crippen LogP contribution < -0.4 is 4.74 Å². The summed E-state index contributed by atoms with van der Waals surface area (Å²) in [5, 5.41) is 15.6. The van der Waals surface area contributed by atoms with Gasteiger partial charge in [-0.05, 0) is 40.0 Å². The molecule has 0 bridgehead atoms. The van der Waals surface area contributed by atoms with Crippen molar-refractivity contribution >= 4 is 0 Å². The summed E-state index contributed by atoms with van der Waals surface area (Å²) in [5.74, 6) is 0.700. The topological polar surface area (TPSA) is 50.5 Å². The monoisotopic (exact) mass is 279 g/mol. The minimum Gasteiger partial charge on any atom is -0.493 e. The first-order valence-electron chi connectivity index (χ1n) is 7.56. The van der Waals surface area contributed by atoms with Crippen LogP contribution in [0.1, 0.15) is 51.8 Å². The van der Waals surface area contributed by atoms with E-state index in [0.717, 1.165) is 12.1 Å². The van der Waals surface area contributed by atoms with Crippen molar-refractivity contribution in [3.63, 3.8) is 0 Å². The van der Waals surface area contributed by atoms with Crippen LogP contribution in [0.15, 0.2) is 6.20 Å². The Kier molecular flexibility index (Phi) is 3.29. The average Bonchev–Trinajstić information content (AvgIpc) is 3.04. The Balaban J connectivity index is 1.97. The Bertz CT molecular complexity index is 495. The zero-order valence-electron chi connectivity index (χ0n) is 12.8. The third kappa shape index (κ3) is 2.13. The van der Waals surface area contributed by atoms with Gasteiger partial charge >= 0.3 is 0 Å². The molecule has 1 aromatic rings. The molecule has 5 nitrogen and oxygen atoms in total. The first-order valence-corrected chi connectivity index (χ1v) is 7.56. The molecule has 2 atom stereocenters. The lowest BCUT2D eigenvalue weighted by Crippen LogP contribution is -2.35. The number of aromatic nitrogens is 2. The zero-order chi connectivity index (χ0) is 14.5. The van der Waals surface area contributed by atoms with Crippen molar-refractivity contribution in [1.82, 2.24) is 14.7 Å². The molecule has 1 aromatic heterocycles.